The Kier molecular flexibility index (Phi) is 5.55. The van der Waals surface area contributed by atoms with Gasteiger partial charge >= 0.3 is 0 Å². The van der Waals surface area contributed by atoms with E-state index in [4.69, 9.17) is 0 Å². The first-order valence-electron chi connectivity index (χ1n) is 6.74. The van der Waals surface area contributed by atoms with Crippen LogP contribution < -0.4 is 5.32 Å². The third kappa shape index (κ3) is 4.77. The van der Waals surface area contributed by atoms with Gasteiger partial charge in [-0.15, -0.1) is 0 Å². The highest BCUT2D eigenvalue weighted by atomic mass is 32.1. The van der Waals surface area contributed by atoms with Crippen molar-refractivity contribution in [2.45, 2.75) is 19.8 Å². The molecule has 0 fully saturated rings. The van der Waals surface area contributed by atoms with E-state index < -0.39 is 0 Å². The number of nitrogens with one attached hydrogen (secondary N) is 1. The minimum Gasteiger partial charge on any atom is -0.317 e. The van der Waals surface area contributed by atoms with Crippen LogP contribution in [0.4, 0.5) is 4.39 Å². The molecule has 1 atom stereocenters. The fourth-order valence-electron chi connectivity index (χ4n) is 2.26. The first kappa shape index (κ1) is 14.2. The van der Waals surface area contributed by atoms with Gasteiger partial charge in [-0.1, -0.05) is 19.1 Å². The van der Waals surface area contributed by atoms with Crippen molar-refractivity contribution in [2.75, 3.05) is 13.1 Å². The Bertz CT molecular complexity index is 464. The molecule has 1 aromatic carbocycles. The summed E-state index contributed by atoms with van der Waals surface area (Å²) >= 11 is 1.74. The summed E-state index contributed by atoms with van der Waals surface area (Å²) < 4.78 is 12.9. The van der Waals surface area contributed by atoms with Crippen molar-refractivity contribution < 1.29 is 4.39 Å². The molecule has 2 aromatic rings. The topological polar surface area (TPSA) is 12.0 Å². The minimum absolute atomic E-state index is 0.162. The Labute approximate surface area is 118 Å². The van der Waals surface area contributed by atoms with Crippen LogP contribution in [0.5, 0.6) is 0 Å². The van der Waals surface area contributed by atoms with E-state index >= 15 is 0 Å². The molecule has 1 heterocycles. The highest BCUT2D eigenvalue weighted by molar-refractivity contribution is 7.07. The number of rotatable bonds is 7. The first-order valence-corrected chi connectivity index (χ1v) is 7.68. The van der Waals surface area contributed by atoms with Crippen molar-refractivity contribution >= 4 is 11.3 Å². The molecule has 0 aliphatic rings. The van der Waals surface area contributed by atoms with Gasteiger partial charge in [0.05, 0.1) is 0 Å². The van der Waals surface area contributed by atoms with E-state index in [2.05, 4.69) is 29.1 Å². The summed E-state index contributed by atoms with van der Waals surface area (Å²) in [5, 5.41) is 7.76. The molecule has 3 heteroatoms. The van der Waals surface area contributed by atoms with Crippen molar-refractivity contribution in [3.8, 4) is 0 Å². The lowest BCUT2D eigenvalue weighted by Gasteiger charge is -2.17. The van der Waals surface area contributed by atoms with Crippen LogP contribution in [0.25, 0.3) is 0 Å². The molecule has 0 amide bonds. The van der Waals surface area contributed by atoms with Gasteiger partial charge in [0.2, 0.25) is 0 Å². The summed E-state index contributed by atoms with van der Waals surface area (Å²) in [5.74, 6) is 0.393. The number of benzene rings is 1. The molecule has 19 heavy (non-hydrogen) atoms. The van der Waals surface area contributed by atoms with Crippen molar-refractivity contribution in [1.29, 1.82) is 0 Å². The third-order valence-electron chi connectivity index (χ3n) is 3.23. The van der Waals surface area contributed by atoms with Gasteiger partial charge in [0.1, 0.15) is 5.82 Å². The number of hydrogen-bond donors (Lipinski definition) is 1. The van der Waals surface area contributed by atoms with Gasteiger partial charge in [-0.05, 0) is 71.9 Å². The van der Waals surface area contributed by atoms with Gasteiger partial charge in [0, 0.05) is 0 Å². The van der Waals surface area contributed by atoms with Gasteiger partial charge in [-0.2, -0.15) is 11.3 Å². The van der Waals surface area contributed by atoms with Crippen LogP contribution in [-0.2, 0) is 12.8 Å². The highest BCUT2D eigenvalue weighted by Gasteiger charge is 2.11. The molecule has 1 aromatic heterocycles. The molecule has 0 radical (unpaired) electrons. The van der Waals surface area contributed by atoms with Crippen LogP contribution in [0.3, 0.4) is 0 Å². The van der Waals surface area contributed by atoms with E-state index in [-0.39, 0.29) is 5.82 Å². The molecule has 102 valence electrons. The molecule has 2 rings (SSSR count). The molecule has 0 aliphatic carbocycles. The summed E-state index contributed by atoms with van der Waals surface area (Å²) in [6.07, 6.45) is 2.07. The summed E-state index contributed by atoms with van der Waals surface area (Å²) in [7, 11) is 0. The second-order valence-electron chi connectivity index (χ2n) is 4.84. The van der Waals surface area contributed by atoms with E-state index in [9.17, 15) is 4.39 Å². The predicted octanol–water partition coefficient (Wildman–Crippen LogP) is 3.90. The predicted molar refractivity (Wildman–Crippen MR) is 80.2 cm³/mol. The van der Waals surface area contributed by atoms with Gasteiger partial charge in [0.15, 0.2) is 0 Å². The van der Waals surface area contributed by atoms with Crippen molar-refractivity contribution in [1.82, 2.24) is 5.32 Å². The Hall–Kier alpha value is -1.19. The normalized spacial score (nSPS) is 12.5. The Morgan fingerprint density at radius 1 is 1.11 bits per heavy atom. The van der Waals surface area contributed by atoms with Crippen molar-refractivity contribution in [3.05, 3.63) is 58.0 Å². The van der Waals surface area contributed by atoms with Gasteiger partial charge in [-0.25, -0.2) is 4.39 Å². The number of hydrogen-bond acceptors (Lipinski definition) is 2. The second kappa shape index (κ2) is 7.41. The van der Waals surface area contributed by atoms with Crippen LogP contribution >= 0.6 is 11.3 Å². The monoisotopic (exact) mass is 277 g/mol. The second-order valence-corrected chi connectivity index (χ2v) is 5.62. The summed E-state index contributed by atoms with van der Waals surface area (Å²) in [4.78, 5) is 0. The molecule has 0 bridgehead atoms. The maximum Gasteiger partial charge on any atom is 0.123 e. The summed E-state index contributed by atoms with van der Waals surface area (Å²) in [6, 6.07) is 9.06. The van der Waals surface area contributed by atoms with Crippen LogP contribution in [0, 0.1) is 11.7 Å². The van der Waals surface area contributed by atoms with Crippen LogP contribution in [0.1, 0.15) is 18.1 Å². The Morgan fingerprint density at radius 3 is 2.47 bits per heavy atom. The molecule has 0 spiro atoms. The van der Waals surface area contributed by atoms with Crippen LogP contribution in [0.2, 0.25) is 0 Å². The Balaban J connectivity index is 1.98. The molecule has 0 saturated carbocycles. The van der Waals surface area contributed by atoms with Gasteiger partial charge < -0.3 is 5.32 Å². The Morgan fingerprint density at radius 2 is 1.84 bits per heavy atom. The van der Waals surface area contributed by atoms with E-state index in [0.29, 0.717) is 5.92 Å². The maximum atomic E-state index is 12.9. The third-order valence-corrected chi connectivity index (χ3v) is 3.96. The van der Waals surface area contributed by atoms with E-state index in [1.54, 1.807) is 23.5 Å². The average Bonchev–Trinajstić information content (AvgIpc) is 2.91. The lowest BCUT2D eigenvalue weighted by Crippen LogP contribution is -2.25. The molecular formula is C16H20FNS. The molecule has 1 unspecified atom stereocenters. The molecule has 0 saturated heterocycles. The zero-order valence-electron chi connectivity index (χ0n) is 11.2. The summed E-state index contributed by atoms with van der Waals surface area (Å²) in [6.45, 7) is 4.12. The van der Waals surface area contributed by atoms with Crippen LogP contribution in [-0.4, -0.2) is 13.1 Å². The number of thiophene rings is 1. The SMILES string of the molecule is CCNCC(Cc1ccc(F)cc1)Cc1ccsc1. The van der Waals surface area contributed by atoms with Crippen molar-refractivity contribution in [2.24, 2.45) is 5.92 Å². The average molecular weight is 277 g/mol. The summed E-state index contributed by atoms with van der Waals surface area (Å²) in [5.41, 5.74) is 2.61. The minimum atomic E-state index is -0.162. The van der Waals surface area contributed by atoms with Crippen LogP contribution in [0.15, 0.2) is 41.1 Å². The molecular weight excluding hydrogens is 257 g/mol. The van der Waals surface area contributed by atoms with Crippen molar-refractivity contribution in [3.63, 3.8) is 0 Å². The smallest absolute Gasteiger partial charge is 0.123 e. The number of halogens is 1. The largest absolute Gasteiger partial charge is 0.317 e. The quantitative estimate of drug-likeness (QED) is 0.809. The highest BCUT2D eigenvalue weighted by Crippen LogP contribution is 2.17. The molecule has 1 nitrogen and oxygen atoms in total. The maximum absolute atomic E-state index is 12.9. The standard InChI is InChI=1S/C16H20FNS/c1-2-18-11-15(10-14-7-8-19-12-14)9-13-3-5-16(17)6-4-13/h3-8,12,15,18H,2,9-11H2,1H3. The molecule has 0 aliphatic heterocycles. The van der Waals surface area contributed by atoms with Gasteiger partial charge in [-0.3, -0.25) is 0 Å². The van der Waals surface area contributed by atoms with E-state index in [0.717, 1.165) is 25.9 Å². The zero-order chi connectivity index (χ0) is 13.5. The van der Waals surface area contributed by atoms with Gasteiger partial charge in [0.25, 0.3) is 0 Å². The zero-order valence-corrected chi connectivity index (χ0v) is 12.0. The van der Waals surface area contributed by atoms with E-state index in [1.165, 1.54) is 11.1 Å². The van der Waals surface area contributed by atoms with E-state index in [1.807, 2.05) is 12.1 Å². The fourth-order valence-corrected chi connectivity index (χ4v) is 2.94. The fraction of sp³-hybridized carbons (Fsp3) is 0.375. The first-order chi connectivity index (χ1) is 9.28. The lowest BCUT2D eigenvalue weighted by molar-refractivity contribution is 0.478. The lowest BCUT2D eigenvalue weighted by atomic mass is 9.93. The molecule has 1 N–H and O–H groups in total.